The predicted molar refractivity (Wildman–Crippen MR) is 116 cm³/mol. The van der Waals surface area contributed by atoms with Gasteiger partial charge in [-0.3, -0.25) is 0 Å². The third-order valence-corrected chi connectivity index (χ3v) is 5.92. The Bertz CT molecular complexity index is 991. The molecule has 4 rings (SSSR count). The molecule has 1 atom stereocenters. The lowest BCUT2D eigenvalue weighted by atomic mass is 9.97. The molecule has 0 saturated carbocycles. The van der Waals surface area contributed by atoms with Gasteiger partial charge in [0.2, 0.25) is 5.89 Å². The summed E-state index contributed by atoms with van der Waals surface area (Å²) in [6, 6.07) is 14.4. The van der Waals surface area contributed by atoms with Crippen LogP contribution in [0.1, 0.15) is 53.8 Å². The van der Waals surface area contributed by atoms with Crippen LogP contribution in [0.2, 0.25) is 0 Å². The molecule has 5 nitrogen and oxygen atoms in total. The molecule has 0 aliphatic heterocycles. The maximum Gasteiger partial charge on any atom is 0.226 e. The van der Waals surface area contributed by atoms with Gasteiger partial charge in [-0.2, -0.15) is 0 Å². The van der Waals surface area contributed by atoms with E-state index in [2.05, 4.69) is 48.3 Å². The Hall–Kier alpha value is -2.63. The molecule has 1 unspecified atom stereocenters. The molecule has 5 heteroatoms. The minimum atomic E-state index is -1.25. The van der Waals surface area contributed by atoms with E-state index in [0.717, 1.165) is 42.0 Å². The fourth-order valence-electron chi connectivity index (χ4n) is 4.20. The second-order valence-corrected chi connectivity index (χ2v) is 7.98. The number of aromatic nitrogens is 1. The van der Waals surface area contributed by atoms with Crippen molar-refractivity contribution in [3.05, 3.63) is 70.6 Å². The van der Waals surface area contributed by atoms with Gasteiger partial charge in [-0.15, -0.1) is 0 Å². The summed E-state index contributed by atoms with van der Waals surface area (Å²) >= 11 is 0. The third-order valence-electron chi connectivity index (χ3n) is 5.92. The van der Waals surface area contributed by atoms with Gasteiger partial charge in [-0.05, 0) is 73.1 Å². The molecule has 2 N–H and O–H groups in total. The quantitative estimate of drug-likeness (QED) is 0.535. The summed E-state index contributed by atoms with van der Waals surface area (Å²) in [5.41, 5.74) is 5.66. The second kappa shape index (κ2) is 9.02. The molecule has 3 aromatic rings. The van der Waals surface area contributed by atoms with Crippen LogP contribution in [0.3, 0.4) is 0 Å². The van der Waals surface area contributed by atoms with Crippen molar-refractivity contribution >= 4 is 0 Å². The van der Waals surface area contributed by atoms with Gasteiger partial charge in [0.1, 0.15) is 11.5 Å². The summed E-state index contributed by atoms with van der Waals surface area (Å²) in [5, 5.41) is 18.5. The van der Waals surface area contributed by atoms with Gasteiger partial charge < -0.3 is 19.4 Å². The monoisotopic (exact) mass is 407 g/mol. The van der Waals surface area contributed by atoms with Gasteiger partial charge in [0.05, 0.1) is 12.3 Å². The molecule has 0 radical (unpaired) electrons. The Morgan fingerprint density at radius 1 is 1.17 bits per heavy atom. The van der Waals surface area contributed by atoms with Crippen LogP contribution in [0.5, 0.6) is 5.75 Å². The fourth-order valence-corrected chi connectivity index (χ4v) is 4.20. The number of ether oxygens (including phenoxy) is 1. The average Bonchev–Trinajstić information content (AvgIpc) is 3.31. The lowest BCUT2D eigenvalue weighted by Crippen LogP contribution is -2.09. The largest absolute Gasteiger partial charge is 0.493 e. The first-order valence-corrected chi connectivity index (χ1v) is 10.7. The highest BCUT2D eigenvalue weighted by molar-refractivity contribution is 5.54. The van der Waals surface area contributed by atoms with Gasteiger partial charge >= 0.3 is 0 Å². The molecule has 1 aliphatic carbocycles. The van der Waals surface area contributed by atoms with E-state index in [0.29, 0.717) is 25.3 Å². The normalized spacial score (nSPS) is 15.6. The summed E-state index contributed by atoms with van der Waals surface area (Å²) in [6.07, 6.45) is 2.74. The van der Waals surface area contributed by atoms with Gasteiger partial charge in [-0.1, -0.05) is 25.1 Å². The van der Waals surface area contributed by atoms with E-state index in [9.17, 15) is 10.2 Å². The molecule has 1 aliphatic rings. The average molecular weight is 408 g/mol. The van der Waals surface area contributed by atoms with Crippen LogP contribution < -0.4 is 4.74 Å². The molecule has 1 heterocycles. The van der Waals surface area contributed by atoms with Gasteiger partial charge in [0, 0.05) is 18.4 Å². The van der Waals surface area contributed by atoms with Crippen molar-refractivity contribution in [1.82, 2.24) is 4.98 Å². The van der Waals surface area contributed by atoms with Gasteiger partial charge in [0.25, 0.3) is 0 Å². The van der Waals surface area contributed by atoms with E-state index in [1.165, 1.54) is 16.7 Å². The third kappa shape index (κ3) is 4.58. The van der Waals surface area contributed by atoms with Crippen LogP contribution >= 0.6 is 0 Å². The first-order valence-electron chi connectivity index (χ1n) is 10.7. The Kier molecular flexibility index (Phi) is 6.21. The molecule has 0 amide bonds. The maximum atomic E-state index is 9.25. The zero-order valence-electron chi connectivity index (χ0n) is 17.6. The lowest BCUT2D eigenvalue weighted by Gasteiger charge is -2.13. The van der Waals surface area contributed by atoms with Crippen molar-refractivity contribution in [2.75, 3.05) is 6.61 Å². The number of oxazole rings is 1. The highest BCUT2D eigenvalue weighted by atomic mass is 16.5. The summed E-state index contributed by atoms with van der Waals surface area (Å²) < 4.78 is 11.8. The van der Waals surface area contributed by atoms with Crippen LogP contribution in [0.25, 0.3) is 11.5 Å². The van der Waals surface area contributed by atoms with Crippen molar-refractivity contribution < 1.29 is 19.4 Å². The summed E-state index contributed by atoms with van der Waals surface area (Å²) in [6.45, 7) is 4.61. The maximum absolute atomic E-state index is 9.25. The molecule has 30 heavy (non-hydrogen) atoms. The number of rotatable bonds is 8. The number of hydrogen-bond acceptors (Lipinski definition) is 5. The Morgan fingerprint density at radius 2 is 1.97 bits per heavy atom. The number of hydrogen-bond donors (Lipinski definition) is 2. The van der Waals surface area contributed by atoms with Crippen LogP contribution in [0, 0.1) is 6.92 Å². The van der Waals surface area contributed by atoms with Crippen LogP contribution in [-0.2, 0) is 19.3 Å². The summed E-state index contributed by atoms with van der Waals surface area (Å²) in [4.78, 5) is 4.67. The summed E-state index contributed by atoms with van der Waals surface area (Å²) in [5.74, 6) is 2.54. The highest BCUT2D eigenvalue weighted by Gasteiger charge is 2.24. The highest BCUT2D eigenvalue weighted by Crippen LogP contribution is 2.37. The minimum Gasteiger partial charge on any atom is -0.493 e. The molecule has 0 spiro atoms. The van der Waals surface area contributed by atoms with Gasteiger partial charge in [-0.25, -0.2) is 4.98 Å². The molecule has 158 valence electrons. The first kappa shape index (κ1) is 20.6. The van der Waals surface area contributed by atoms with E-state index in [1.807, 2.05) is 13.0 Å². The van der Waals surface area contributed by atoms with Gasteiger partial charge in [0.15, 0.2) is 6.29 Å². The van der Waals surface area contributed by atoms with Crippen LogP contribution in [0.4, 0.5) is 0 Å². The number of nitrogens with zero attached hydrogens (tertiary/aromatic N) is 1. The Morgan fingerprint density at radius 3 is 2.70 bits per heavy atom. The topological polar surface area (TPSA) is 75.7 Å². The molecule has 2 aromatic carbocycles. The molecule has 0 bridgehead atoms. The smallest absolute Gasteiger partial charge is 0.226 e. The Balaban J connectivity index is 1.36. The summed E-state index contributed by atoms with van der Waals surface area (Å²) in [7, 11) is 0. The SMILES string of the molecule is CCc1ccc(-c2nc(CCOc3ccc4c(c3)CCC4CC(O)O)c(C)o2)cc1. The lowest BCUT2D eigenvalue weighted by molar-refractivity contribution is -0.0497. The zero-order valence-corrected chi connectivity index (χ0v) is 17.6. The predicted octanol–water partition coefficient (Wildman–Crippen LogP) is 4.56. The number of aliphatic hydroxyl groups excluding tert-OH is 1. The van der Waals surface area contributed by atoms with Crippen molar-refractivity contribution in [3.8, 4) is 17.2 Å². The van der Waals surface area contributed by atoms with Crippen molar-refractivity contribution in [3.63, 3.8) is 0 Å². The van der Waals surface area contributed by atoms with Crippen LogP contribution in [-0.4, -0.2) is 28.1 Å². The second-order valence-electron chi connectivity index (χ2n) is 7.98. The standard InChI is InChI=1S/C25H29NO4/c1-3-17-4-6-18(7-5-17)25-26-23(16(2)30-25)12-13-29-21-10-11-22-19(14-21)8-9-20(22)15-24(27)28/h4-7,10-11,14,20,24,27-28H,3,8-9,12-13,15H2,1-2H3. The molecule has 0 saturated heterocycles. The van der Waals surface area contributed by atoms with E-state index in [1.54, 1.807) is 0 Å². The Labute approximate surface area is 177 Å². The van der Waals surface area contributed by atoms with Crippen molar-refractivity contribution in [2.24, 2.45) is 0 Å². The van der Waals surface area contributed by atoms with E-state index < -0.39 is 6.29 Å². The number of aliphatic hydroxyl groups is 2. The van der Waals surface area contributed by atoms with Crippen molar-refractivity contribution in [1.29, 1.82) is 0 Å². The first-order chi connectivity index (χ1) is 14.5. The molecular weight excluding hydrogens is 378 g/mol. The number of aryl methyl sites for hydroxylation is 3. The van der Waals surface area contributed by atoms with E-state index >= 15 is 0 Å². The number of fused-ring (bicyclic) bond motifs is 1. The van der Waals surface area contributed by atoms with E-state index in [-0.39, 0.29) is 5.92 Å². The fraction of sp³-hybridized carbons (Fsp3) is 0.400. The zero-order chi connectivity index (χ0) is 21.1. The van der Waals surface area contributed by atoms with Crippen molar-refractivity contribution in [2.45, 2.75) is 58.2 Å². The molecule has 0 fully saturated rings. The number of benzene rings is 2. The van der Waals surface area contributed by atoms with Crippen LogP contribution in [0.15, 0.2) is 46.9 Å². The minimum absolute atomic E-state index is 0.219. The van der Waals surface area contributed by atoms with E-state index in [4.69, 9.17) is 9.15 Å². The molecule has 1 aromatic heterocycles. The molecular formula is C25H29NO4.